The van der Waals surface area contributed by atoms with Crippen LogP contribution < -0.4 is 0 Å². The van der Waals surface area contributed by atoms with Gasteiger partial charge in [-0.25, -0.2) is 0 Å². The number of hydrogen-bond acceptors (Lipinski definition) is 0. The van der Waals surface area contributed by atoms with Gasteiger partial charge in [0.2, 0.25) is 0 Å². The quantitative estimate of drug-likeness (QED) is 0.413. The molecule has 0 saturated heterocycles. The maximum atomic E-state index is 3.67. The first-order valence-electron chi connectivity index (χ1n) is 4.83. The lowest BCUT2D eigenvalue weighted by Crippen LogP contribution is -1.66. The summed E-state index contributed by atoms with van der Waals surface area (Å²) < 4.78 is 0. The Morgan fingerprint density at radius 3 is 1.36 bits per heavy atom. The van der Waals surface area contributed by atoms with Gasteiger partial charge >= 0.3 is 0 Å². The number of rotatable bonds is 4. The molecule has 0 rings (SSSR count). The van der Waals surface area contributed by atoms with Gasteiger partial charge in [0, 0.05) is 0 Å². The van der Waals surface area contributed by atoms with Crippen molar-refractivity contribution in [1.29, 1.82) is 0 Å². The third kappa shape index (κ3) is 26.0. The maximum absolute atomic E-state index is 3.67. The Bertz CT molecular complexity index is 68.1. The molecule has 0 atom stereocenters. The van der Waals surface area contributed by atoms with Gasteiger partial charge in [-0.05, 0) is 13.3 Å². The molecule has 0 fully saturated rings. The van der Waals surface area contributed by atoms with Crippen LogP contribution in [-0.2, 0) is 0 Å². The largest absolute Gasteiger partial charge is 0.100 e. The lowest BCUT2D eigenvalue weighted by atomic mass is 10.2. The van der Waals surface area contributed by atoms with Crippen molar-refractivity contribution in [2.75, 3.05) is 0 Å². The normalized spacial score (nSPS) is 8.36. The van der Waals surface area contributed by atoms with Crippen LogP contribution >= 0.6 is 0 Å². The average molecular weight is 156 g/mol. The Morgan fingerprint density at radius 2 is 1.27 bits per heavy atom. The van der Waals surface area contributed by atoms with Crippen LogP contribution in [0.1, 0.15) is 59.8 Å². The standard InChI is InChI=1S/C6H14.C5H10/c1-3-5-6-4-2;1-4-5(2)3/h3-6H2,1-2H3;2,4H2,1,3H3. The van der Waals surface area contributed by atoms with Crippen molar-refractivity contribution in [2.45, 2.75) is 59.8 Å². The molecule has 0 aromatic rings. The van der Waals surface area contributed by atoms with Crippen LogP contribution in [0.25, 0.3) is 0 Å². The molecule has 0 aliphatic rings. The van der Waals surface area contributed by atoms with Crippen molar-refractivity contribution in [1.82, 2.24) is 0 Å². The molecule has 0 saturated carbocycles. The van der Waals surface area contributed by atoms with E-state index >= 15 is 0 Å². The van der Waals surface area contributed by atoms with Gasteiger partial charge < -0.3 is 0 Å². The summed E-state index contributed by atoms with van der Waals surface area (Å²) in [6.07, 6.45) is 6.65. The van der Waals surface area contributed by atoms with Crippen LogP contribution in [0.4, 0.5) is 0 Å². The minimum atomic E-state index is 1.11. The summed E-state index contributed by atoms with van der Waals surface area (Å²) in [6, 6.07) is 0. The van der Waals surface area contributed by atoms with E-state index in [0.29, 0.717) is 0 Å². The summed E-state index contributed by atoms with van der Waals surface area (Å²) >= 11 is 0. The lowest BCUT2D eigenvalue weighted by molar-refractivity contribution is 0.702. The summed E-state index contributed by atoms with van der Waals surface area (Å²) in [5.74, 6) is 0. The molecule has 0 N–H and O–H groups in total. The van der Waals surface area contributed by atoms with E-state index in [-0.39, 0.29) is 0 Å². The van der Waals surface area contributed by atoms with Crippen LogP contribution in [0.5, 0.6) is 0 Å². The molecule has 0 heteroatoms. The molecule has 0 aromatic carbocycles. The highest BCUT2D eigenvalue weighted by Crippen LogP contribution is 1.95. The fourth-order valence-corrected chi connectivity index (χ4v) is 0.500. The molecular formula is C11H24. The fourth-order valence-electron chi connectivity index (χ4n) is 0.500. The molecule has 0 bridgehead atoms. The Morgan fingerprint density at radius 1 is 1.00 bits per heavy atom. The first-order valence-corrected chi connectivity index (χ1v) is 4.83. The van der Waals surface area contributed by atoms with E-state index in [1.165, 1.54) is 31.3 Å². The van der Waals surface area contributed by atoms with E-state index in [9.17, 15) is 0 Å². The molecule has 0 unspecified atom stereocenters. The summed E-state index contributed by atoms with van der Waals surface area (Å²) in [7, 11) is 0. The number of allylic oxidation sites excluding steroid dienone is 1. The Hall–Kier alpha value is -0.260. The third-order valence-corrected chi connectivity index (χ3v) is 1.56. The van der Waals surface area contributed by atoms with Gasteiger partial charge in [0.25, 0.3) is 0 Å². The van der Waals surface area contributed by atoms with Gasteiger partial charge in [0.1, 0.15) is 0 Å². The van der Waals surface area contributed by atoms with Crippen LogP contribution in [0.3, 0.4) is 0 Å². The molecule has 0 radical (unpaired) electrons. The Labute approximate surface area is 72.7 Å². The van der Waals surface area contributed by atoms with Crippen molar-refractivity contribution >= 4 is 0 Å². The van der Waals surface area contributed by atoms with Gasteiger partial charge in [-0.2, -0.15) is 0 Å². The zero-order chi connectivity index (χ0) is 9.11. The molecule has 0 aromatic heterocycles. The van der Waals surface area contributed by atoms with E-state index in [1.807, 2.05) is 6.92 Å². The summed E-state index contributed by atoms with van der Waals surface area (Å²) in [5.41, 5.74) is 1.25. The molecule has 11 heavy (non-hydrogen) atoms. The predicted octanol–water partition coefficient (Wildman–Crippen LogP) is 4.56. The number of hydrogen-bond donors (Lipinski definition) is 0. The molecule has 0 aliphatic carbocycles. The highest BCUT2D eigenvalue weighted by atomic mass is 13.8. The van der Waals surface area contributed by atoms with Crippen molar-refractivity contribution in [3.63, 3.8) is 0 Å². The zero-order valence-electron chi connectivity index (χ0n) is 8.74. The van der Waals surface area contributed by atoms with Gasteiger partial charge in [0.05, 0.1) is 0 Å². The second-order valence-electron chi connectivity index (χ2n) is 3.02. The third-order valence-electron chi connectivity index (χ3n) is 1.56. The first kappa shape index (κ1) is 13.3. The monoisotopic (exact) mass is 156 g/mol. The fraction of sp³-hybridized carbons (Fsp3) is 0.818. The highest BCUT2D eigenvalue weighted by Gasteiger charge is 1.75. The van der Waals surface area contributed by atoms with E-state index in [2.05, 4.69) is 27.4 Å². The first-order chi connectivity index (χ1) is 5.18. The second-order valence-corrected chi connectivity index (χ2v) is 3.02. The SMILES string of the molecule is C=C(C)CC.CCCCCC. The van der Waals surface area contributed by atoms with Crippen LogP contribution in [-0.4, -0.2) is 0 Å². The van der Waals surface area contributed by atoms with Gasteiger partial charge in [-0.3, -0.25) is 0 Å². The van der Waals surface area contributed by atoms with Gasteiger partial charge in [-0.15, -0.1) is 6.58 Å². The van der Waals surface area contributed by atoms with E-state index < -0.39 is 0 Å². The molecule has 0 amide bonds. The average Bonchev–Trinajstić information content (AvgIpc) is 2.02. The highest BCUT2D eigenvalue weighted by molar-refractivity contribution is 4.84. The van der Waals surface area contributed by atoms with Crippen LogP contribution in [0, 0.1) is 0 Å². The van der Waals surface area contributed by atoms with Gasteiger partial charge in [0.15, 0.2) is 0 Å². The van der Waals surface area contributed by atoms with Crippen molar-refractivity contribution in [3.8, 4) is 0 Å². The summed E-state index contributed by atoms with van der Waals surface area (Å²) in [5, 5.41) is 0. The van der Waals surface area contributed by atoms with Crippen LogP contribution in [0.2, 0.25) is 0 Å². The van der Waals surface area contributed by atoms with E-state index in [1.54, 1.807) is 0 Å². The predicted molar refractivity (Wildman–Crippen MR) is 54.9 cm³/mol. The second kappa shape index (κ2) is 12.4. The summed E-state index contributed by atoms with van der Waals surface area (Å²) in [4.78, 5) is 0. The van der Waals surface area contributed by atoms with Crippen molar-refractivity contribution in [3.05, 3.63) is 12.2 Å². The van der Waals surface area contributed by atoms with Crippen LogP contribution in [0.15, 0.2) is 12.2 Å². The van der Waals surface area contributed by atoms with Crippen molar-refractivity contribution < 1.29 is 0 Å². The molecular weight excluding hydrogens is 132 g/mol. The molecule has 0 nitrogen and oxygen atoms in total. The molecule has 0 heterocycles. The zero-order valence-corrected chi connectivity index (χ0v) is 8.74. The molecule has 0 spiro atoms. The van der Waals surface area contributed by atoms with Gasteiger partial charge in [-0.1, -0.05) is 52.0 Å². The Kier molecular flexibility index (Phi) is 15.1. The molecule has 0 aliphatic heterocycles. The van der Waals surface area contributed by atoms with Crippen molar-refractivity contribution in [2.24, 2.45) is 0 Å². The summed E-state index contributed by atoms with van der Waals surface area (Å²) in [6.45, 7) is 12.3. The van der Waals surface area contributed by atoms with E-state index in [4.69, 9.17) is 0 Å². The minimum Gasteiger partial charge on any atom is -0.100 e. The lowest BCUT2D eigenvalue weighted by Gasteiger charge is -1.86. The Balaban J connectivity index is 0. The smallest absolute Gasteiger partial charge is 0.0354 e. The topological polar surface area (TPSA) is 0 Å². The minimum absolute atomic E-state index is 1.11. The molecule has 68 valence electrons. The maximum Gasteiger partial charge on any atom is -0.0354 e. The number of unbranched alkanes of at least 4 members (excludes halogenated alkanes) is 3. The van der Waals surface area contributed by atoms with E-state index in [0.717, 1.165) is 6.42 Å².